The summed E-state index contributed by atoms with van der Waals surface area (Å²) in [5.41, 5.74) is 2.78. The largest absolute Gasteiger partial charge is 0.511 e. The molecule has 0 spiro atoms. The molecule has 3 N–H and O–H groups in total. The van der Waals surface area contributed by atoms with Gasteiger partial charge in [0.25, 0.3) is 10.0 Å². The molecule has 0 saturated carbocycles. The third kappa shape index (κ3) is 4.77. The van der Waals surface area contributed by atoms with Gasteiger partial charge in [0.1, 0.15) is 5.76 Å². The fourth-order valence-electron chi connectivity index (χ4n) is 2.86. The summed E-state index contributed by atoms with van der Waals surface area (Å²) in [6, 6.07) is 6.27. The lowest BCUT2D eigenvalue weighted by Crippen LogP contribution is -2.18. The second-order valence-corrected chi connectivity index (χ2v) is 8.30. The molecular formula is C19H20N4O5S. The number of fused-ring (bicyclic) bond motifs is 1. The first-order valence-electron chi connectivity index (χ1n) is 8.90. The number of allylic oxidation sites excluding steroid dienone is 2. The van der Waals surface area contributed by atoms with Crippen LogP contribution in [0, 0.1) is 6.92 Å². The molecule has 0 unspecified atom stereocenters. The van der Waals surface area contributed by atoms with E-state index in [-0.39, 0.29) is 40.6 Å². The number of nitrogens with one attached hydrogen (secondary N) is 2. The topological polar surface area (TPSA) is 142 Å². The molecule has 10 heteroatoms. The summed E-state index contributed by atoms with van der Waals surface area (Å²) in [5, 5.41) is 19.5. The highest BCUT2D eigenvalue weighted by Crippen LogP contribution is 2.19. The number of aryl methyl sites for hydroxylation is 2. The van der Waals surface area contributed by atoms with Crippen molar-refractivity contribution in [2.75, 3.05) is 0 Å². The molecule has 1 heterocycles. The van der Waals surface area contributed by atoms with Gasteiger partial charge in [-0.1, -0.05) is 17.7 Å². The summed E-state index contributed by atoms with van der Waals surface area (Å²) in [4.78, 5) is 24.3. The Morgan fingerprint density at radius 2 is 1.79 bits per heavy atom. The number of sulfonamides is 1. The molecule has 1 aromatic heterocycles. The summed E-state index contributed by atoms with van der Waals surface area (Å²) in [5.74, 6) is -0.0900. The number of carbonyl (C=O) groups is 2. The Bertz CT molecular complexity index is 1100. The molecule has 2 aliphatic rings. The van der Waals surface area contributed by atoms with Gasteiger partial charge in [0.05, 0.1) is 28.4 Å². The SMILES string of the molecule is Cc1ccc(S(=O)(=O)NN=CC2=C(O)CCC2=O)cc1.O=C1CCc2[nH]ncc21. The molecule has 0 bridgehead atoms. The average Bonchev–Trinajstić information content (AvgIpc) is 3.37. The monoisotopic (exact) mass is 416 g/mol. The van der Waals surface area contributed by atoms with Gasteiger partial charge in [-0.3, -0.25) is 14.7 Å². The first kappa shape index (κ1) is 20.5. The van der Waals surface area contributed by atoms with Crippen LogP contribution in [0.1, 0.15) is 40.9 Å². The molecule has 0 atom stereocenters. The van der Waals surface area contributed by atoms with Crippen LogP contribution in [-0.4, -0.2) is 41.5 Å². The van der Waals surface area contributed by atoms with Gasteiger partial charge in [0.15, 0.2) is 11.6 Å². The van der Waals surface area contributed by atoms with Gasteiger partial charge in [-0.15, -0.1) is 0 Å². The van der Waals surface area contributed by atoms with Crippen molar-refractivity contribution in [2.45, 2.75) is 37.5 Å². The van der Waals surface area contributed by atoms with E-state index in [2.05, 4.69) is 15.3 Å². The van der Waals surface area contributed by atoms with Crippen LogP contribution >= 0.6 is 0 Å². The molecule has 29 heavy (non-hydrogen) atoms. The zero-order chi connectivity index (χ0) is 21.0. The Kier molecular flexibility index (Phi) is 5.92. The van der Waals surface area contributed by atoms with Crippen molar-refractivity contribution in [3.63, 3.8) is 0 Å². The average molecular weight is 416 g/mol. The van der Waals surface area contributed by atoms with Gasteiger partial charge in [0, 0.05) is 25.0 Å². The Morgan fingerprint density at radius 3 is 2.41 bits per heavy atom. The smallest absolute Gasteiger partial charge is 0.276 e. The van der Waals surface area contributed by atoms with E-state index in [1.165, 1.54) is 12.1 Å². The van der Waals surface area contributed by atoms with Crippen LogP contribution < -0.4 is 4.83 Å². The Hall–Kier alpha value is -3.27. The Morgan fingerprint density at radius 1 is 1.10 bits per heavy atom. The van der Waals surface area contributed by atoms with E-state index in [0.29, 0.717) is 6.42 Å². The number of hydrogen-bond donors (Lipinski definition) is 3. The zero-order valence-electron chi connectivity index (χ0n) is 15.7. The number of carbonyl (C=O) groups excluding carboxylic acids is 2. The number of hydrogen-bond acceptors (Lipinski definition) is 7. The molecule has 4 rings (SSSR count). The van der Waals surface area contributed by atoms with Crippen molar-refractivity contribution in [1.29, 1.82) is 0 Å². The van der Waals surface area contributed by atoms with Gasteiger partial charge >= 0.3 is 0 Å². The van der Waals surface area contributed by atoms with Gasteiger partial charge in [0.2, 0.25) is 0 Å². The zero-order valence-corrected chi connectivity index (χ0v) is 16.5. The Balaban J connectivity index is 0.000000220. The normalized spacial score (nSPS) is 16.2. The fraction of sp³-hybridized carbons (Fsp3) is 0.263. The molecule has 0 aliphatic heterocycles. The summed E-state index contributed by atoms with van der Waals surface area (Å²) >= 11 is 0. The molecule has 9 nitrogen and oxygen atoms in total. The second kappa shape index (κ2) is 8.39. The van der Waals surface area contributed by atoms with Crippen molar-refractivity contribution >= 4 is 27.8 Å². The van der Waals surface area contributed by atoms with E-state index in [9.17, 15) is 23.1 Å². The van der Waals surface area contributed by atoms with Gasteiger partial charge < -0.3 is 5.11 Å². The lowest BCUT2D eigenvalue weighted by Gasteiger charge is -2.03. The third-order valence-electron chi connectivity index (χ3n) is 4.52. The number of hydrazone groups is 1. The first-order valence-corrected chi connectivity index (χ1v) is 10.4. The minimum atomic E-state index is -3.77. The number of nitrogens with zero attached hydrogens (tertiary/aromatic N) is 2. The van der Waals surface area contributed by atoms with Crippen molar-refractivity contribution in [3.8, 4) is 0 Å². The fourth-order valence-corrected chi connectivity index (χ4v) is 3.65. The number of rotatable bonds is 4. The molecule has 2 aromatic rings. The maximum Gasteiger partial charge on any atom is 0.276 e. The van der Waals surface area contributed by atoms with Gasteiger partial charge in [-0.25, -0.2) is 4.83 Å². The number of ketones is 2. The molecule has 0 amide bonds. The molecule has 0 radical (unpaired) electrons. The number of aliphatic hydroxyl groups excluding tert-OH is 1. The highest BCUT2D eigenvalue weighted by molar-refractivity contribution is 7.89. The molecule has 152 valence electrons. The van der Waals surface area contributed by atoms with Crippen LogP contribution in [0.25, 0.3) is 0 Å². The van der Waals surface area contributed by atoms with Crippen molar-refractivity contribution in [2.24, 2.45) is 5.10 Å². The van der Waals surface area contributed by atoms with Crippen LogP contribution in [0.4, 0.5) is 0 Å². The van der Waals surface area contributed by atoms with Crippen LogP contribution in [0.5, 0.6) is 0 Å². The number of Topliss-reactive ketones (excluding diaryl/α,β-unsaturated/α-hetero) is 2. The van der Waals surface area contributed by atoms with Gasteiger partial charge in [-0.2, -0.15) is 18.6 Å². The maximum atomic E-state index is 11.9. The number of aromatic nitrogens is 2. The second-order valence-electron chi connectivity index (χ2n) is 6.63. The Labute approximate surface area is 167 Å². The molecule has 1 aromatic carbocycles. The van der Waals surface area contributed by atoms with E-state index in [1.54, 1.807) is 18.3 Å². The molecular weight excluding hydrogens is 396 g/mol. The number of aliphatic hydroxyl groups is 1. The third-order valence-corrected chi connectivity index (χ3v) is 5.76. The summed E-state index contributed by atoms with van der Waals surface area (Å²) in [7, 11) is -3.77. The van der Waals surface area contributed by atoms with E-state index < -0.39 is 10.0 Å². The van der Waals surface area contributed by atoms with E-state index in [4.69, 9.17) is 0 Å². The number of aromatic amines is 1. The van der Waals surface area contributed by atoms with Crippen LogP contribution in [-0.2, 0) is 21.2 Å². The van der Waals surface area contributed by atoms with E-state index in [1.807, 2.05) is 11.8 Å². The van der Waals surface area contributed by atoms with Crippen molar-refractivity contribution in [1.82, 2.24) is 15.0 Å². The van der Waals surface area contributed by atoms with E-state index in [0.717, 1.165) is 29.5 Å². The van der Waals surface area contributed by atoms with Crippen LogP contribution in [0.15, 0.2) is 51.8 Å². The predicted octanol–water partition coefficient (Wildman–Crippen LogP) is 1.97. The minimum absolute atomic E-state index is 0.0524. The summed E-state index contributed by atoms with van der Waals surface area (Å²) in [6.07, 6.45) is 4.63. The van der Waals surface area contributed by atoms with Crippen LogP contribution in [0.3, 0.4) is 0 Å². The standard InChI is InChI=1S/C13H14N2O4S.C6H6N2O/c1-9-2-4-10(5-3-9)20(18,19)15-14-8-11-12(16)6-7-13(11)17;9-6-2-1-5-4(6)3-7-8-5/h2-5,8,15-16H,6-7H2,1H3;3H,1-2H2,(H,7,8). The maximum absolute atomic E-state index is 11.9. The lowest BCUT2D eigenvalue weighted by atomic mass is 10.2. The summed E-state index contributed by atoms with van der Waals surface area (Å²) < 4.78 is 23.8. The van der Waals surface area contributed by atoms with E-state index >= 15 is 0 Å². The molecule has 2 aliphatic carbocycles. The molecule has 0 fully saturated rings. The van der Waals surface area contributed by atoms with Crippen LogP contribution in [0.2, 0.25) is 0 Å². The highest BCUT2D eigenvalue weighted by atomic mass is 32.2. The van der Waals surface area contributed by atoms with Crippen molar-refractivity contribution < 1.29 is 23.1 Å². The predicted molar refractivity (Wildman–Crippen MR) is 105 cm³/mol. The minimum Gasteiger partial charge on any atom is -0.511 e. The molecule has 0 saturated heterocycles. The summed E-state index contributed by atoms with van der Waals surface area (Å²) in [6.45, 7) is 1.85. The number of benzene rings is 1. The lowest BCUT2D eigenvalue weighted by molar-refractivity contribution is -0.114. The first-order chi connectivity index (χ1) is 13.8. The van der Waals surface area contributed by atoms with Crippen molar-refractivity contribution in [3.05, 3.63) is 58.6 Å². The number of H-pyrrole nitrogens is 1. The quantitative estimate of drug-likeness (QED) is 0.514. The van der Waals surface area contributed by atoms with Gasteiger partial charge in [-0.05, 0) is 25.5 Å². The highest BCUT2D eigenvalue weighted by Gasteiger charge is 2.21.